The van der Waals surface area contributed by atoms with Crippen molar-refractivity contribution < 1.29 is 9.21 Å². The number of aryl methyl sites for hydroxylation is 1. The number of fused-ring (bicyclic) bond motifs is 1. The molecule has 1 amide bonds. The molecule has 0 saturated carbocycles. The van der Waals surface area contributed by atoms with Crippen LogP contribution in [-0.2, 0) is 0 Å². The van der Waals surface area contributed by atoms with Gasteiger partial charge in [0.1, 0.15) is 11.3 Å². The molecule has 4 aromatic rings. The fraction of sp³-hybridized carbons (Fsp3) is 0.0526. The summed E-state index contributed by atoms with van der Waals surface area (Å²) >= 11 is 0. The van der Waals surface area contributed by atoms with Crippen LogP contribution in [0.2, 0.25) is 0 Å². The number of benzene rings is 1. The van der Waals surface area contributed by atoms with E-state index in [4.69, 9.17) is 10.2 Å². The Morgan fingerprint density at radius 1 is 1.26 bits per heavy atom. The molecular weight excluding hydrogens is 344 g/mol. The Morgan fingerprint density at radius 2 is 2.15 bits per heavy atom. The fourth-order valence-corrected chi connectivity index (χ4v) is 2.65. The molecule has 134 valence electrons. The molecule has 0 spiro atoms. The largest absolute Gasteiger partial charge is 0.461 e. The lowest BCUT2D eigenvalue weighted by atomic mass is 10.2. The molecule has 3 aromatic heterocycles. The van der Waals surface area contributed by atoms with E-state index in [1.54, 1.807) is 41.3 Å². The third-order valence-corrected chi connectivity index (χ3v) is 3.86. The number of carbonyl (C=O) groups is 1. The zero-order valence-corrected chi connectivity index (χ0v) is 14.5. The van der Waals surface area contributed by atoms with E-state index in [9.17, 15) is 4.79 Å². The number of nitrogens with two attached hydrogens (primary N) is 1. The van der Waals surface area contributed by atoms with Gasteiger partial charge in [0.15, 0.2) is 5.82 Å². The Hall–Kier alpha value is -3.94. The first-order valence-electron chi connectivity index (χ1n) is 8.20. The van der Waals surface area contributed by atoms with E-state index in [-0.39, 0.29) is 5.96 Å². The third kappa shape index (κ3) is 3.54. The molecule has 8 heteroatoms. The van der Waals surface area contributed by atoms with Gasteiger partial charge < -0.3 is 10.2 Å². The van der Waals surface area contributed by atoms with E-state index in [2.05, 4.69) is 20.4 Å². The van der Waals surface area contributed by atoms with Gasteiger partial charge in [-0.1, -0.05) is 0 Å². The molecule has 1 aromatic carbocycles. The fourth-order valence-electron chi connectivity index (χ4n) is 2.65. The second-order valence-corrected chi connectivity index (χ2v) is 5.89. The number of aromatic nitrogens is 3. The van der Waals surface area contributed by atoms with E-state index in [0.29, 0.717) is 17.1 Å². The summed E-state index contributed by atoms with van der Waals surface area (Å²) in [4.78, 5) is 20.8. The van der Waals surface area contributed by atoms with Gasteiger partial charge in [0.05, 0.1) is 11.3 Å². The lowest BCUT2D eigenvalue weighted by Gasteiger charge is -2.05. The number of nitrogens with one attached hydrogen (secondary N) is 1. The summed E-state index contributed by atoms with van der Waals surface area (Å²) in [6.07, 6.45) is 4.88. The Kier molecular flexibility index (Phi) is 4.13. The summed E-state index contributed by atoms with van der Waals surface area (Å²) in [6.45, 7) is 1.88. The van der Waals surface area contributed by atoms with Crippen molar-refractivity contribution in [2.45, 2.75) is 6.92 Å². The monoisotopic (exact) mass is 360 g/mol. The summed E-state index contributed by atoms with van der Waals surface area (Å²) in [6, 6.07) is 12.5. The lowest BCUT2D eigenvalue weighted by molar-refractivity contribution is 0.0976. The maximum Gasteiger partial charge on any atom is 0.259 e. The van der Waals surface area contributed by atoms with Crippen LogP contribution in [0, 0.1) is 6.92 Å². The molecule has 0 aliphatic carbocycles. The predicted octanol–water partition coefficient (Wildman–Crippen LogP) is 2.70. The van der Waals surface area contributed by atoms with Gasteiger partial charge in [0, 0.05) is 24.0 Å². The first-order valence-corrected chi connectivity index (χ1v) is 8.20. The first-order chi connectivity index (χ1) is 13.1. The summed E-state index contributed by atoms with van der Waals surface area (Å²) < 4.78 is 7.13. The highest BCUT2D eigenvalue weighted by Crippen LogP contribution is 2.24. The Balaban J connectivity index is 1.48. The van der Waals surface area contributed by atoms with Crippen molar-refractivity contribution in [2.24, 2.45) is 10.7 Å². The molecule has 0 radical (unpaired) electrons. The summed E-state index contributed by atoms with van der Waals surface area (Å²) in [5.41, 5.74) is 7.62. The van der Waals surface area contributed by atoms with Gasteiger partial charge in [0.2, 0.25) is 5.96 Å². The minimum Gasteiger partial charge on any atom is -0.461 e. The number of hydrogen-bond acceptors (Lipinski definition) is 5. The molecule has 0 saturated heterocycles. The van der Waals surface area contributed by atoms with Gasteiger partial charge in [-0.3, -0.25) is 10.1 Å². The topological polar surface area (TPSA) is 111 Å². The molecule has 4 rings (SSSR count). The molecular formula is C19H16N6O2. The van der Waals surface area contributed by atoms with Crippen LogP contribution >= 0.6 is 0 Å². The lowest BCUT2D eigenvalue weighted by Crippen LogP contribution is -2.36. The highest BCUT2D eigenvalue weighted by molar-refractivity contribution is 6.05. The van der Waals surface area contributed by atoms with Gasteiger partial charge in [-0.25, -0.2) is 14.7 Å². The molecule has 3 N–H and O–H groups in total. The number of aliphatic imine (C=N–C) groups is 1. The molecule has 27 heavy (non-hydrogen) atoms. The Bertz CT molecular complexity index is 1130. The minimum absolute atomic E-state index is 0.00396. The van der Waals surface area contributed by atoms with Gasteiger partial charge in [-0.05, 0) is 49.4 Å². The molecule has 0 atom stereocenters. The quantitative estimate of drug-likeness (QED) is 0.431. The molecule has 0 aliphatic rings. The first kappa shape index (κ1) is 16.5. The second-order valence-electron chi connectivity index (χ2n) is 5.89. The Labute approximate surface area is 154 Å². The predicted molar refractivity (Wildman–Crippen MR) is 101 cm³/mol. The van der Waals surface area contributed by atoms with Crippen molar-refractivity contribution in [1.82, 2.24) is 20.1 Å². The highest BCUT2D eigenvalue weighted by atomic mass is 16.3. The number of pyridine rings is 1. The van der Waals surface area contributed by atoms with Crippen LogP contribution in [0.25, 0.3) is 16.8 Å². The van der Waals surface area contributed by atoms with E-state index in [1.807, 2.05) is 25.1 Å². The van der Waals surface area contributed by atoms with Gasteiger partial charge in [-0.2, -0.15) is 5.10 Å². The van der Waals surface area contributed by atoms with Crippen LogP contribution in [0.15, 0.2) is 70.5 Å². The van der Waals surface area contributed by atoms with Gasteiger partial charge in [0.25, 0.3) is 5.91 Å². The summed E-state index contributed by atoms with van der Waals surface area (Å²) in [7, 11) is 0. The van der Waals surface area contributed by atoms with Crippen molar-refractivity contribution in [1.29, 1.82) is 0 Å². The van der Waals surface area contributed by atoms with E-state index >= 15 is 0 Å². The molecule has 8 nitrogen and oxygen atoms in total. The van der Waals surface area contributed by atoms with Crippen molar-refractivity contribution in [3.8, 4) is 5.82 Å². The average Bonchev–Trinajstić information content (AvgIpc) is 3.30. The molecule has 0 aliphatic heterocycles. The average molecular weight is 360 g/mol. The van der Waals surface area contributed by atoms with Crippen LogP contribution in [-0.4, -0.2) is 26.6 Å². The van der Waals surface area contributed by atoms with Gasteiger partial charge >= 0.3 is 0 Å². The molecule has 0 fully saturated rings. The smallest absolute Gasteiger partial charge is 0.259 e. The summed E-state index contributed by atoms with van der Waals surface area (Å²) in [5.74, 6) is 1.03. The van der Waals surface area contributed by atoms with Crippen molar-refractivity contribution >= 4 is 28.5 Å². The van der Waals surface area contributed by atoms with Crippen molar-refractivity contribution in [3.63, 3.8) is 0 Å². The zero-order valence-electron chi connectivity index (χ0n) is 14.5. The standard InChI is InChI=1S/C19H16N6O2/c1-12-9-14-10-15(4-5-16(14)27-12)23-19(20)24-18(26)13-3-6-17(21-11-13)25-8-2-7-22-25/h2-11H,1H3,(H3,20,23,24,26). The SMILES string of the molecule is Cc1cc2cc(N=C(N)NC(=O)c3ccc(-n4cccn4)nc3)ccc2o1. The molecule has 0 bridgehead atoms. The minimum atomic E-state index is -0.393. The van der Waals surface area contributed by atoms with Crippen LogP contribution in [0.5, 0.6) is 0 Å². The number of hydrogen-bond donors (Lipinski definition) is 2. The Morgan fingerprint density at radius 3 is 2.89 bits per heavy atom. The van der Waals surface area contributed by atoms with E-state index in [0.717, 1.165) is 16.7 Å². The number of furan rings is 1. The number of nitrogens with zero attached hydrogens (tertiary/aromatic N) is 4. The second kappa shape index (κ2) is 6.75. The maximum absolute atomic E-state index is 12.3. The maximum atomic E-state index is 12.3. The van der Waals surface area contributed by atoms with Gasteiger partial charge in [-0.15, -0.1) is 0 Å². The van der Waals surface area contributed by atoms with E-state index in [1.165, 1.54) is 6.20 Å². The van der Waals surface area contributed by atoms with Crippen LogP contribution < -0.4 is 11.1 Å². The van der Waals surface area contributed by atoms with Crippen molar-refractivity contribution in [3.05, 3.63) is 72.4 Å². The van der Waals surface area contributed by atoms with E-state index < -0.39 is 5.91 Å². The van der Waals surface area contributed by atoms with Crippen LogP contribution in [0.1, 0.15) is 16.1 Å². The number of rotatable bonds is 3. The summed E-state index contributed by atoms with van der Waals surface area (Å²) in [5, 5.41) is 7.56. The van der Waals surface area contributed by atoms with Crippen molar-refractivity contribution in [2.75, 3.05) is 0 Å². The number of amides is 1. The highest BCUT2D eigenvalue weighted by Gasteiger charge is 2.09. The molecule has 0 unspecified atom stereocenters. The zero-order chi connectivity index (χ0) is 18.8. The third-order valence-electron chi connectivity index (χ3n) is 3.86. The number of guanidine groups is 1. The number of carbonyl (C=O) groups excluding carboxylic acids is 1. The molecule has 3 heterocycles. The normalized spacial score (nSPS) is 11.7. The van der Waals surface area contributed by atoms with Crippen LogP contribution in [0.3, 0.4) is 0 Å². The van der Waals surface area contributed by atoms with Crippen LogP contribution in [0.4, 0.5) is 5.69 Å².